The van der Waals surface area contributed by atoms with Crippen molar-refractivity contribution in [3.05, 3.63) is 47.3 Å². The number of amides is 1. The Morgan fingerprint density at radius 3 is 2.74 bits per heavy atom. The van der Waals surface area contributed by atoms with Gasteiger partial charge in [0.05, 0.1) is 13.3 Å². The summed E-state index contributed by atoms with van der Waals surface area (Å²) >= 11 is 0. The summed E-state index contributed by atoms with van der Waals surface area (Å²) in [6.45, 7) is 1.71. The van der Waals surface area contributed by atoms with Crippen LogP contribution in [0.2, 0.25) is 0 Å². The molecule has 0 saturated carbocycles. The predicted octanol–water partition coefficient (Wildman–Crippen LogP) is 1.76. The van der Waals surface area contributed by atoms with Crippen molar-refractivity contribution in [1.82, 2.24) is 10.6 Å². The summed E-state index contributed by atoms with van der Waals surface area (Å²) in [6.07, 6.45) is 1.53. The zero-order valence-electron chi connectivity index (χ0n) is 10.6. The van der Waals surface area contributed by atoms with Crippen LogP contribution in [-0.4, -0.2) is 24.4 Å². The molecule has 1 aromatic carbocycles. The number of ether oxygens (including phenoxy) is 1. The highest BCUT2D eigenvalue weighted by atomic mass is 16.5. The van der Waals surface area contributed by atoms with Gasteiger partial charge < -0.3 is 9.26 Å². The topological polar surface area (TPSA) is 76.7 Å². The molecule has 0 atom stereocenters. The molecule has 0 aliphatic carbocycles. The van der Waals surface area contributed by atoms with Crippen LogP contribution in [0.3, 0.4) is 0 Å². The Morgan fingerprint density at radius 2 is 2.16 bits per heavy atom. The van der Waals surface area contributed by atoms with Crippen LogP contribution >= 0.6 is 0 Å². The maximum absolute atomic E-state index is 11.6. The molecule has 6 nitrogen and oxygen atoms in total. The number of rotatable bonds is 4. The summed E-state index contributed by atoms with van der Waals surface area (Å²) in [4.78, 5) is 11.6. The van der Waals surface area contributed by atoms with Gasteiger partial charge in [-0.3, -0.25) is 4.79 Å². The molecule has 98 valence electrons. The lowest BCUT2D eigenvalue weighted by atomic mass is 10.2. The molecule has 1 aromatic heterocycles. The average Bonchev–Trinajstić information content (AvgIpc) is 2.86. The predicted molar refractivity (Wildman–Crippen MR) is 69.3 cm³/mol. The largest absolute Gasteiger partial charge is 0.497 e. The second-order valence-corrected chi connectivity index (χ2v) is 3.80. The first-order chi connectivity index (χ1) is 9.19. The van der Waals surface area contributed by atoms with Crippen molar-refractivity contribution in [3.63, 3.8) is 0 Å². The number of hydrogen-bond donors (Lipinski definition) is 1. The molecule has 0 unspecified atom stereocenters. The minimum absolute atomic E-state index is 0.199. The van der Waals surface area contributed by atoms with Crippen molar-refractivity contribution in [2.45, 2.75) is 6.92 Å². The number of hydrogen-bond acceptors (Lipinski definition) is 5. The van der Waals surface area contributed by atoms with Crippen molar-refractivity contribution in [1.29, 1.82) is 0 Å². The molecule has 0 aliphatic rings. The Hall–Kier alpha value is -2.63. The van der Waals surface area contributed by atoms with Gasteiger partial charge in [0.2, 0.25) is 0 Å². The molecular weight excluding hydrogens is 246 g/mol. The molecule has 1 amide bonds. The van der Waals surface area contributed by atoms with E-state index in [0.29, 0.717) is 5.76 Å². The lowest BCUT2D eigenvalue weighted by Gasteiger charge is -1.98. The van der Waals surface area contributed by atoms with Gasteiger partial charge in [-0.2, -0.15) is 5.10 Å². The monoisotopic (exact) mass is 259 g/mol. The van der Waals surface area contributed by atoms with Gasteiger partial charge in [-0.05, 0) is 36.8 Å². The molecule has 0 fully saturated rings. The van der Waals surface area contributed by atoms with Crippen LogP contribution in [0.25, 0.3) is 0 Å². The van der Waals surface area contributed by atoms with E-state index in [9.17, 15) is 4.79 Å². The van der Waals surface area contributed by atoms with E-state index in [0.717, 1.165) is 11.3 Å². The summed E-state index contributed by atoms with van der Waals surface area (Å²) in [5.74, 6) is 0.921. The summed E-state index contributed by atoms with van der Waals surface area (Å²) in [5, 5.41) is 7.42. The highest BCUT2D eigenvalue weighted by Gasteiger charge is 2.09. The molecule has 2 rings (SSSR count). The number of nitrogens with zero attached hydrogens (tertiary/aromatic N) is 2. The van der Waals surface area contributed by atoms with Gasteiger partial charge in [0.25, 0.3) is 5.91 Å². The van der Waals surface area contributed by atoms with E-state index in [-0.39, 0.29) is 5.69 Å². The molecule has 0 bridgehead atoms. The summed E-state index contributed by atoms with van der Waals surface area (Å²) in [5.41, 5.74) is 3.41. The highest BCUT2D eigenvalue weighted by molar-refractivity contribution is 5.93. The van der Waals surface area contributed by atoms with Gasteiger partial charge in [0.1, 0.15) is 11.5 Å². The SMILES string of the molecule is COc1ccc(/C=N\NC(=O)c2cc(C)on2)cc1. The molecule has 0 radical (unpaired) electrons. The van der Waals surface area contributed by atoms with Crippen LogP contribution < -0.4 is 10.2 Å². The van der Waals surface area contributed by atoms with Crippen LogP contribution in [0.15, 0.2) is 40.0 Å². The van der Waals surface area contributed by atoms with E-state index < -0.39 is 5.91 Å². The van der Waals surface area contributed by atoms with Gasteiger partial charge in [-0.1, -0.05) is 5.16 Å². The average molecular weight is 259 g/mol. The molecule has 0 saturated heterocycles. The Labute approximate surface area is 110 Å². The smallest absolute Gasteiger partial charge is 0.293 e. The molecule has 1 heterocycles. The number of aryl methyl sites for hydroxylation is 1. The summed E-state index contributed by atoms with van der Waals surface area (Å²) < 4.78 is 9.84. The fraction of sp³-hybridized carbons (Fsp3) is 0.154. The first-order valence-electron chi connectivity index (χ1n) is 5.60. The lowest BCUT2D eigenvalue weighted by Crippen LogP contribution is -2.17. The Balaban J connectivity index is 1.94. The van der Waals surface area contributed by atoms with Crippen LogP contribution in [0, 0.1) is 6.92 Å². The van der Waals surface area contributed by atoms with Gasteiger partial charge in [-0.25, -0.2) is 5.43 Å². The number of benzene rings is 1. The van der Waals surface area contributed by atoms with Crippen molar-refractivity contribution in [3.8, 4) is 5.75 Å². The third-order valence-electron chi connectivity index (χ3n) is 2.36. The number of hydrazone groups is 1. The minimum atomic E-state index is -0.415. The lowest BCUT2D eigenvalue weighted by molar-refractivity contribution is 0.0946. The second kappa shape index (κ2) is 5.81. The van der Waals surface area contributed by atoms with Crippen molar-refractivity contribution in [2.75, 3.05) is 7.11 Å². The summed E-state index contributed by atoms with van der Waals surface area (Å²) in [7, 11) is 1.60. The van der Waals surface area contributed by atoms with E-state index in [2.05, 4.69) is 15.7 Å². The number of methoxy groups -OCH3 is 1. The Morgan fingerprint density at radius 1 is 1.42 bits per heavy atom. The third-order valence-corrected chi connectivity index (χ3v) is 2.36. The van der Waals surface area contributed by atoms with E-state index in [1.807, 2.05) is 24.3 Å². The van der Waals surface area contributed by atoms with E-state index in [1.165, 1.54) is 12.3 Å². The Bertz CT molecular complexity index is 587. The van der Waals surface area contributed by atoms with Gasteiger partial charge in [0.15, 0.2) is 5.69 Å². The number of aromatic nitrogens is 1. The molecule has 1 N–H and O–H groups in total. The quantitative estimate of drug-likeness (QED) is 0.670. The molecule has 2 aromatic rings. The Kier molecular flexibility index (Phi) is 3.92. The van der Waals surface area contributed by atoms with Crippen molar-refractivity contribution in [2.24, 2.45) is 5.10 Å². The minimum Gasteiger partial charge on any atom is -0.497 e. The highest BCUT2D eigenvalue weighted by Crippen LogP contribution is 2.09. The number of carbonyl (C=O) groups is 1. The van der Waals surface area contributed by atoms with Crippen LogP contribution in [0.4, 0.5) is 0 Å². The van der Waals surface area contributed by atoms with Crippen molar-refractivity contribution >= 4 is 12.1 Å². The van der Waals surface area contributed by atoms with Crippen LogP contribution in [0.5, 0.6) is 5.75 Å². The van der Waals surface area contributed by atoms with Crippen LogP contribution in [0.1, 0.15) is 21.8 Å². The maximum atomic E-state index is 11.6. The van der Waals surface area contributed by atoms with Crippen molar-refractivity contribution < 1.29 is 14.1 Å². The van der Waals surface area contributed by atoms with E-state index in [4.69, 9.17) is 9.26 Å². The fourth-order valence-corrected chi connectivity index (χ4v) is 1.39. The van der Waals surface area contributed by atoms with Gasteiger partial charge in [0, 0.05) is 6.07 Å². The molecular formula is C13H13N3O3. The first-order valence-corrected chi connectivity index (χ1v) is 5.60. The van der Waals surface area contributed by atoms with E-state index >= 15 is 0 Å². The number of nitrogens with one attached hydrogen (secondary N) is 1. The zero-order chi connectivity index (χ0) is 13.7. The zero-order valence-corrected chi connectivity index (χ0v) is 10.6. The first kappa shape index (κ1) is 12.8. The molecule has 0 aliphatic heterocycles. The van der Waals surface area contributed by atoms with E-state index in [1.54, 1.807) is 14.0 Å². The standard InChI is InChI=1S/C13H13N3O3/c1-9-7-12(16-19-9)13(17)15-14-8-10-3-5-11(18-2)6-4-10/h3-8H,1-2H3,(H,15,17)/b14-8-. The fourth-order valence-electron chi connectivity index (χ4n) is 1.39. The van der Waals surface area contributed by atoms with Crippen LogP contribution in [-0.2, 0) is 0 Å². The molecule has 6 heteroatoms. The maximum Gasteiger partial charge on any atom is 0.293 e. The molecule has 19 heavy (non-hydrogen) atoms. The van der Waals surface area contributed by atoms with Gasteiger partial charge >= 0.3 is 0 Å². The number of carbonyl (C=O) groups excluding carboxylic acids is 1. The summed E-state index contributed by atoms with van der Waals surface area (Å²) in [6, 6.07) is 8.82. The van der Waals surface area contributed by atoms with Gasteiger partial charge in [-0.15, -0.1) is 0 Å². The third kappa shape index (κ3) is 3.41. The molecule has 0 spiro atoms. The second-order valence-electron chi connectivity index (χ2n) is 3.80. The normalized spacial score (nSPS) is 10.6.